The highest BCUT2D eigenvalue weighted by Crippen LogP contribution is 2.34. The predicted molar refractivity (Wildman–Crippen MR) is 343 cm³/mol. The number of carbonyl (C=O) groups is 2. The fourth-order valence-electron chi connectivity index (χ4n) is 9.50. The first-order valence-corrected chi connectivity index (χ1v) is 29.7. The normalized spacial score (nSPS) is 14.2. The molecule has 3 amide bonds. The standard InChI is InChI=1S/C32H39N5O2.C17H20Cl3N3O2.C16H20N2O2/c1-23-12-14-24(15-13-23)37-30(22-29(35-37)32(2,3)4)34-31(38)33-27-16-17-28(26-11-7-6-10-25(26)27)39-21-20-36-18-8-5-9-19-36;1-11-5-7-12(8-6-11)23-14(9-13(22-23)16(2,3)4)21-15(24)25-10-17(18,19)20;17-15-5-6-16(14-4-2-1-3-13(14)15)20-12-9-18-7-10-19-11-8-18/h6-7,10-17,22H,5,8-9,18-21H2,1-4H3,(H2,33,34,38);5-9H,10H2,1-4H3,(H,21,24);1-6H,7-12,17H2. The second-order valence-electron chi connectivity index (χ2n) is 23.1. The molecular formula is C65H79Cl3N10O6. The first-order chi connectivity index (χ1) is 40.1. The number of aromatic nitrogens is 4. The van der Waals surface area contributed by atoms with E-state index in [0.29, 0.717) is 24.8 Å². The van der Waals surface area contributed by atoms with Crippen molar-refractivity contribution in [2.24, 2.45) is 0 Å². The van der Waals surface area contributed by atoms with Crippen molar-refractivity contribution in [3.05, 3.63) is 156 Å². The zero-order chi connectivity index (χ0) is 60.0. The molecule has 10 rings (SSSR count). The van der Waals surface area contributed by atoms with E-state index in [1.807, 2.05) is 149 Å². The van der Waals surface area contributed by atoms with Gasteiger partial charge in [0.05, 0.1) is 41.7 Å². The van der Waals surface area contributed by atoms with Crippen LogP contribution in [0.25, 0.3) is 32.9 Å². The number of amides is 3. The summed E-state index contributed by atoms with van der Waals surface area (Å²) in [6.45, 7) is 25.3. The Bertz CT molecular complexity index is 3450. The van der Waals surface area contributed by atoms with Crippen LogP contribution < -0.4 is 31.2 Å². The molecule has 16 nitrogen and oxygen atoms in total. The minimum Gasteiger partial charge on any atom is -0.492 e. The number of nitrogen functional groups attached to an aromatic ring is 1. The summed E-state index contributed by atoms with van der Waals surface area (Å²) in [6, 6.07) is 43.1. The van der Waals surface area contributed by atoms with Crippen molar-refractivity contribution >= 4 is 91.5 Å². The number of halogens is 3. The van der Waals surface area contributed by atoms with E-state index < -0.39 is 9.89 Å². The molecule has 0 radical (unpaired) electrons. The van der Waals surface area contributed by atoms with Gasteiger partial charge in [0.2, 0.25) is 3.79 Å². The van der Waals surface area contributed by atoms with Crippen LogP contribution in [0, 0.1) is 13.8 Å². The summed E-state index contributed by atoms with van der Waals surface area (Å²) >= 11 is 16.8. The van der Waals surface area contributed by atoms with E-state index >= 15 is 0 Å². The minimum absolute atomic E-state index is 0.164. The van der Waals surface area contributed by atoms with Crippen LogP contribution in [0.15, 0.2) is 133 Å². The van der Waals surface area contributed by atoms with Crippen molar-refractivity contribution in [1.29, 1.82) is 0 Å². The number of rotatable bonds is 14. The van der Waals surface area contributed by atoms with Crippen LogP contribution in [0.2, 0.25) is 0 Å². The SMILES string of the molecule is Cc1ccc(-n2nc(C(C)(C)C)cc2NC(=O)Nc2ccc(OCCN3CCCCC3)c3ccccc23)cc1.Cc1ccc(-n2nc(C(C)(C)C)cc2NC(=O)OCC(Cl)(Cl)Cl)cc1.Nc1ccc(OCCN2CCOCC2)c2ccccc12. The monoisotopic (exact) mass is 1200 g/mol. The highest BCUT2D eigenvalue weighted by atomic mass is 35.6. The number of urea groups is 1. The number of nitrogens with two attached hydrogens (primary N) is 1. The molecule has 0 spiro atoms. The van der Waals surface area contributed by atoms with Gasteiger partial charge in [-0.2, -0.15) is 10.2 Å². The molecule has 446 valence electrons. The van der Waals surface area contributed by atoms with Crippen LogP contribution in [-0.2, 0) is 20.3 Å². The van der Waals surface area contributed by atoms with Gasteiger partial charge in [-0.25, -0.2) is 19.0 Å². The number of hydrogen-bond donors (Lipinski definition) is 4. The first kappa shape index (κ1) is 63.0. The lowest BCUT2D eigenvalue weighted by molar-refractivity contribution is 0.0323. The number of fused-ring (bicyclic) bond motifs is 2. The zero-order valence-corrected chi connectivity index (χ0v) is 51.7. The number of anilines is 4. The van der Waals surface area contributed by atoms with Gasteiger partial charge in [-0.05, 0) is 88.3 Å². The van der Waals surface area contributed by atoms with Gasteiger partial charge in [0.15, 0.2) is 0 Å². The number of benzene rings is 6. The van der Waals surface area contributed by atoms with Gasteiger partial charge in [0.25, 0.3) is 0 Å². The van der Waals surface area contributed by atoms with E-state index in [1.54, 1.807) is 15.4 Å². The van der Waals surface area contributed by atoms with Crippen LogP contribution in [-0.4, -0.2) is 118 Å². The maximum absolute atomic E-state index is 13.3. The molecule has 2 fully saturated rings. The molecule has 2 aliphatic rings. The van der Waals surface area contributed by atoms with Crippen molar-refractivity contribution < 1.29 is 28.5 Å². The lowest BCUT2D eigenvalue weighted by Crippen LogP contribution is -2.38. The second-order valence-corrected chi connectivity index (χ2v) is 25.6. The highest BCUT2D eigenvalue weighted by Gasteiger charge is 2.26. The van der Waals surface area contributed by atoms with E-state index in [9.17, 15) is 9.59 Å². The molecule has 4 heterocycles. The van der Waals surface area contributed by atoms with Gasteiger partial charge in [-0.1, -0.05) is 167 Å². The van der Waals surface area contributed by atoms with Gasteiger partial charge >= 0.3 is 12.1 Å². The Hall–Kier alpha value is -7.05. The molecule has 2 aromatic heterocycles. The molecule has 0 unspecified atom stereocenters. The molecule has 6 aromatic carbocycles. The Kier molecular flexibility index (Phi) is 21.5. The quantitative estimate of drug-likeness (QED) is 0.0602. The minimum atomic E-state index is -1.66. The molecule has 8 aromatic rings. The largest absolute Gasteiger partial charge is 0.492 e. The third-order valence-electron chi connectivity index (χ3n) is 14.3. The average molecular weight is 1200 g/mol. The van der Waals surface area contributed by atoms with Gasteiger partial charge < -0.3 is 30.0 Å². The van der Waals surface area contributed by atoms with Crippen molar-refractivity contribution in [3.63, 3.8) is 0 Å². The lowest BCUT2D eigenvalue weighted by Gasteiger charge is -2.26. The fraction of sp³-hybridized carbons (Fsp3) is 0.385. The third kappa shape index (κ3) is 18.0. The molecule has 0 aliphatic carbocycles. The van der Waals surface area contributed by atoms with Gasteiger partial charge in [0.1, 0.15) is 43.0 Å². The zero-order valence-electron chi connectivity index (χ0n) is 49.4. The topological polar surface area (TPSA) is 175 Å². The Morgan fingerprint density at radius 3 is 1.55 bits per heavy atom. The summed E-state index contributed by atoms with van der Waals surface area (Å²) in [6.07, 6.45) is 3.15. The summed E-state index contributed by atoms with van der Waals surface area (Å²) in [4.78, 5) is 30.1. The molecule has 19 heteroatoms. The molecule has 0 atom stereocenters. The number of likely N-dealkylation sites (tertiary alicyclic amines) is 1. The number of hydrogen-bond acceptors (Lipinski definition) is 11. The number of morpholine rings is 1. The highest BCUT2D eigenvalue weighted by molar-refractivity contribution is 6.67. The predicted octanol–water partition coefficient (Wildman–Crippen LogP) is 14.7. The lowest BCUT2D eigenvalue weighted by atomic mass is 9.92. The second kappa shape index (κ2) is 28.7. The number of nitrogens with zero attached hydrogens (tertiary/aromatic N) is 6. The van der Waals surface area contributed by atoms with E-state index in [0.717, 1.165) is 125 Å². The summed E-state index contributed by atoms with van der Waals surface area (Å²) in [5, 5.41) is 22.2. The van der Waals surface area contributed by atoms with Crippen LogP contribution in [0.1, 0.15) is 83.3 Å². The summed E-state index contributed by atoms with van der Waals surface area (Å²) in [5.41, 5.74) is 12.9. The molecule has 2 saturated heterocycles. The molecule has 5 N–H and O–H groups in total. The first-order valence-electron chi connectivity index (χ1n) is 28.6. The van der Waals surface area contributed by atoms with Gasteiger partial charge in [-0.15, -0.1) is 0 Å². The summed E-state index contributed by atoms with van der Waals surface area (Å²) < 4.78 is 24.2. The van der Waals surface area contributed by atoms with Crippen molar-refractivity contribution in [2.75, 3.05) is 94.0 Å². The van der Waals surface area contributed by atoms with Crippen molar-refractivity contribution in [3.8, 4) is 22.9 Å². The van der Waals surface area contributed by atoms with E-state index in [2.05, 4.69) is 64.6 Å². The number of piperidine rings is 1. The smallest absolute Gasteiger partial charge is 0.412 e. The van der Waals surface area contributed by atoms with Gasteiger partial charge in [-0.3, -0.25) is 20.4 Å². The van der Waals surface area contributed by atoms with Crippen molar-refractivity contribution in [2.45, 2.75) is 89.3 Å². The molecule has 84 heavy (non-hydrogen) atoms. The number of ether oxygens (including phenoxy) is 4. The molecule has 2 aliphatic heterocycles. The van der Waals surface area contributed by atoms with Crippen LogP contribution in [0.5, 0.6) is 11.5 Å². The maximum Gasteiger partial charge on any atom is 0.412 e. The van der Waals surface area contributed by atoms with Gasteiger partial charge in [0, 0.05) is 76.4 Å². The van der Waals surface area contributed by atoms with Crippen molar-refractivity contribution in [1.82, 2.24) is 29.4 Å². The third-order valence-corrected chi connectivity index (χ3v) is 14.6. The van der Waals surface area contributed by atoms with E-state index in [-0.39, 0.29) is 23.5 Å². The Labute approximate surface area is 508 Å². The number of carbonyl (C=O) groups excluding carboxylic acids is 2. The Morgan fingerprint density at radius 2 is 1.04 bits per heavy atom. The van der Waals surface area contributed by atoms with Crippen LogP contribution in [0.3, 0.4) is 0 Å². The molecule has 0 bridgehead atoms. The average Bonchev–Trinajstić information content (AvgIpc) is 4.05. The summed E-state index contributed by atoms with van der Waals surface area (Å²) in [7, 11) is 0. The van der Waals surface area contributed by atoms with E-state index in [1.165, 1.54) is 24.8 Å². The molecular weight excluding hydrogens is 1120 g/mol. The Morgan fingerprint density at radius 1 is 0.571 bits per heavy atom. The fourth-order valence-corrected chi connectivity index (χ4v) is 9.66. The number of alkyl halides is 3. The molecule has 0 saturated carbocycles. The summed E-state index contributed by atoms with van der Waals surface area (Å²) in [5.74, 6) is 2.83. The number of aryl methyl sites for hydroxylation is 2. The van der Waals surface area contributed by atoms with E-state index in [4.69, 9.17) is 64.6 Å². The number of nitrogens with one attached hydrogen (secondary N) is 3. The maximum atomic E-state index is 13.3. The van der Waals surface area contributed by atoms with Crippen LogP contribution >= 0.6 is 34.8 Å². The Balaban J connectivity index is 0.000000176. The van der Waals surface area contributed by atoms with Crippen LogP contribution in [0.4, 0.5) is 32.6 Å².